The van der Waals surface area contributed by atoms with Gasteiger partial charge in [0.15, 0.2) is 17.2 Å². The Hall–Kier alpha value is -3.88. The van der Waals surface area contributed by atoms with Crippen molar-refractivity contribution in [2.24, 2.45) is 5.10 Å². The van der Waals surface area contributed by atoms with Crippen LogP contribution in [0.25, 0.3) is 10.8 Å². The molecule has 1 aliphatic rings. The SMILES string of the molecule is CCn1nc(C(=O)N/N=C\c2cc(OC)c3c(c2)OCCO3)c2ccccc2c1=O. The van der Waals surface area contributed by atoms with Gasteiger partial charge in [-0.1, -0.05) is 18.2 Å². The Morgan fingerprint density at radius 3 is 2.80 bits per heavy atom. The van der Waals surface area contributed by atoms with Gasteiger partial charge in [0, 0.05) is 17.5 Å². The largest absolute Gasteiger partial charge is 0.493 e. The molecule has 0 unspecified atom stereocenters. The number of methoxy groups -OCH3 is 1. The fourth-order valence-electron chi connectivity index (χ4n) is 3.20. The van der Waals surface area contributed by atoms with Gasteiger partial charge in [-0.15, -0.1) is 0 Å². The Balaban J connectivity index is 1.61. The Kier molecular flexibility index (Phi) is 5.34. The molecule has 2 aromatic carbocycles. The average Bonchev–Trinajstić information content (AvgIpc) is 2.79. The average molecular weight is 408 g/mol. The highest BCUT2D eigenvalue weighted by Gasteiger charge is 2.18. The van der Waals surface area contributed by atoms with Crippen LogP contribution in [0.15, 0.2) is 46.3 Å². The number of nitrogens with one attached hydrogen (secondary N) is 1. The second kappa shape index (κ2) is 8.24. The number of rotatable bonds is 5. The zero-order valence-corrected chi connectivity index (χ0v) is 16.5. The van der Waals surface area contributed by atoms with Crippen molar-refractivity contribution in [3.63, 3.8) is 0 Å². The fourth-order valence-corrected chi connectivity index (χ4v) is 3.20. The number of aryl methyl sites for hydroxylation is 1. The minimum absolute atomic E-state index is 0.129. The van der Waals surface area contributed by atoms with Gasteiger partial charge in [-0.25, -0.2) is 10.1 Å². The molecule has 0 aliphatic carbocycles. The molecule has 9 heteroatoms. The lowest BCUT2D eigenvalue weighted by atomic mass is 10.1. The van der Waals surface area contributed by atoms with Gasteiger partial charge in [-0.05, 0) is 25.1 Å². The van der Waals surface area contributed by atoms with Crippen molar-refractivity contribution in [1.82, 2.24) is 15.2 Å². The normalized spacial score (nSPS) is 12.9. The number of carbonyl (C=O) groups is 1. The van der Waals surface area contributed by atoms with Crippen molar-refractivity contribution in [2.75, 3.05) is 20.3 Å². The zero-order valence-electron chi connectivity index (χ0n) is 16.5. The summed E-state index contributed by atoms with van der Waals surface area (Å²) in [6.07, 6.45) is 1.47. The Bertz CT molecular complexity index is 1180. The van der Waals surface area contributed by atoms with Crippen LogP contribution in [0.5, 0.6) is 17.2 Å². The standard InChI is InChI=1S/C21H20N4O5/c1-3-25-21(27)15-7-5-4-6-14(15)18(24-25)20(26)23-22-12-13-10-16(28-2)19-17(11-13)29-8-9-30-19/h4-7,10-12H,3,8-9H2,1-2H3,(H,23,26)/b22-12-. The lowest BCUT2D eigenvalue weighted by Gasteiger charge is -2.20. The van der Waals surface area contributed by atoms with E-state index >= 15 is 0 Å². The van der Waals surface area contributed by atoms with Crippen LogP contribution in [0.3, 0.4) is 0 Å². The number of aromatic nitrogens is 2. The van der Waals surface area contributed by atoms with Crippen LogP contribution in [-0.4, -0.2) is 42.2 Å². The first-order valence-corrected chi connectivity index (χ1v) is 9.43. The fraction of sp³-hybridized carbons (Fsp3) is 0.238. The van der Waals surface area contributed by atoms with Crippen molar-refractivity contribution in [2.45, 2.75) is 13.5 Å². The lowest BCUT2D eigenvalue weighted by molar-refractivity contribution is 0.0949. The summed E-state index contributed by atoms with van der Waals surface area (Å²) in [5.41, 5.74) is 3.02. The molecular formula is C21H20N4O5. The molecule has 2 heterocycles. The van der Waals surface area contributed by atoms with E-state index in [4.69, 9.17) is 14.2 Å². The van der Waals surface area contributed by atoms with E-state index < -0.39 is 5.91 Å². The summed E-state index contributed by atoms with van der Waals surface area (Å²) < 4.78 is 17.8. The van der Waals surface area contributed by atoms with Crippen LogP contribution >= 0.6 is 0 Å². The molecule has 0 fully saturated rings. The molecule has 154 valence electrons. The molecule has 0 radical (unpaired) electrons. The van der Waals surface area contributed by atoms with E-state index in [1.165, 1.54) is 18.0 Å². The summed E-state index contributed by atoms with van der Waals surface area (Å²) in [7, 11) is 1.54. The highest BCUT2D eigenvalue weighted by molar-refractivity contribution is 6.05. The minimum Gasteiger partial charge on any atom is -0.493 e. The third-order valence-corrected chi connectivity index (χ3v) is 4.61. The number of nitrogens with zero attached hydrogens (tertiary/aromatic N) is 3. The van der Waals surface area contributed by atoms with Gasteiger partial charge in [0.2, 0.25) is 5.75 Å². The monoisotopic (exact) mass is 408 g/mol. The predicted octanol–water partition coefficient (Wildman–Crippen LogP) is 1.96. The number of hydrogen-bond acceptors (Lipinski definition) is 7. The van der Waals surface area contributed by atoms with E-state index in [1.54, 1.807) is 43.3 Å². The molecule has 1 N–H and O–H groups in total. The van der Waals surface area contributed by atoms with Crippen LogP contribution < -0.4 is 25.2 Å². The van der Waals surface area contributed by atoms with Gasteiger partial charge in [0.1, 0.15) is 13.2 Å². The molecule has 4 rings (SSSR count). The van der Waals surface area contributed by atoms with Gasteiger partial charge in [0.25, 0.3) is 11.5 Å². The number of hydrazone groups is 1. The molecule has 0 spiro atoms. The topological polar surface area (TPSA) is 104 Å². The highest BCUT2D eigenvalue weighted by Crippen LogP contribution is 2.39. The quantitative estimate of drug-likeness (QED) is 0.511. The second-order valence-corrected chi connectivity index (χ2v) is 6.46. The van der Waals surface area contributed by atoms with Crippen molar-refractivity contribution >= 4 is 22.9 Å². The number of benzene rings is 2. The number of hydrogen-bond donors (Lipinski definition) is 1. The van der Waals surface area contributed by atoms with Crippen LogP contribution in [0.4, 0.5) is 0 Å². The Morgan fingerprint density at radius 2 is 2.03 bits per heavy atom. The van der Waals surface area contributed by atoms with Gasteiger partial charge in [-0.2, -0.15) is 10.2 Å². The van der Waals surface area contributed by atoms with Gasteiger partial charge in [0.05, 0.1) is 18.7 Å². The summed E-state index contributed by atoms with van der Waals surface area (Å²) in [6, 6.07) is 10.3. The van der Waals surface area contributed by atoms with Crippen LogP contribution in [-0.2, 0) is 6.54 Å². The highest BCUT2D eigenvalue weighted by atomic mass is 16.6. The summed E-state index contributed by atoms with van der Waals surface area (Å²) in [5, 5.41) is 9.12. The molecule has 3 aromatic rings. The first kappa shape index (κ1) is 19.4. The van der Waals surface area contributed by atoms with E-state index in [9.17, 15) is 9.59 Å². The van der Waals surface area contributed by atoms with E-state index in [0.29, 0.717) is 53.3 Å². The molecule has 1 aromatic heterocycles. The molecule has 0 saturated heterocycles. The van der Waals surface area contributed by atoms with Crippen molar-refractivity contribution in [1.29, 1.82) is 0 Å². The maximum absolute atomic E-state index is 12.7. The molecule has 0 bridgehead atoms. The third kappa shape index (κ3) is 3.57. The number of fused-ring (bicyclic) bond motifs is 2. The maximum atomic E-state index is 12.7. The molecule has 0 saturated carbocycles. The van der Waals surface area contributed by atoms with Crippen LogP contribution in [0.1, 0.15) is 23.0 Å². The summed E-state index contributed by atoms with van der Waals surface area (Å²) in [4.78, 5) is 25.1. The maximum Gasteiger partial charge on any atom is 0.292 e. The van der Waals surface area contributed by atoms with E-state index in [1.807, 2.05) is 0 Å². The van der Waals surface area contributed by atoms with Gasteiger partial charge < -0.3 is 14.2 Å². The number of carbonyl (C=O) groups excluding carboxylic acids is 1. The number of amides is 1. The summed E-state index contributed by atoms with van der Waals surface area (Å²) in [5.74, 6) is 1.09. The summed E-state index contributed by atoms with van der Waals surface area (Å²) in [6.45, 7) is 3.04. The van der Waals surface area contributed by atoms with E-state index in [0.717, 1.165) is 0 Å². The zero-order chi connectivity index (χ0) is 21.1. The van der Waals surface area contributed by atoms with E-state index in [2.05, 4.69) is 15.6 Å². The molecule has 30 heavy (non-hydrogen) atoms. The van der Waals surface area contributed by atoms with Gasteiger partial charge in [-0.3, -0.25) is 9.59 Å². The second-order valence-electron chi connectivity index (χ2n) is 6.46. The van der Waals surface area contributed by atoms with Crippen LogP contribution in [0.2, 0.25) is 0 Å². The van der Waals surface area contributed by atoms with Crippen molar-refractivity contribution in [3.8, 4) is 17.2 Å². The van der Waals surface area contributed by atoms with E-state index in [-0.39, 0.29) is 11.3 Å². The third-order valence-electron chi connectivity index (χ3n) is 4.61. The van der Waals surface area contributed by atoms with Crippen LogP contribution in [0, 0.1) is 0 Å². The minimum atomic E-state index is -0.519. The summed E-state index contributed by atoms with van der Waals surface area (Å²) >= 11 is 0. The Labute approximate surface area is 171 Å². The molecule has 0 atom stereocenters. The smallest absolute Gasteiger partial charge is 0.292 e. The Morgan fingerprint density at radius 1 is 1.27 bits per heavy atom. The first-order valence-electron chi connectivity index (χ1n) is 9.43. The molecule has 9 nitrogen and oxygen atoms in total. The first-order chi connectivity index (χ1) is 14.6. The molecule has 1 aliphatic heterocycles. The molecular weight excluding hydrogens is 388 g/mol. The number of ether oxygens (including phenoxy) is 3. The molecule has 1 amide bonds. The lowest BCUT2D eigenvalue weighted by Crippen LogP contribution is -2.28. The van der Waals surface area contributed by atoms with Crippen molar-refractivity contribution in [3.05, 3.63) is 58.0 Å². The predicted molar refractivity (Wildman–Crippen MR) is 111 cm³/mol. The van der Waals surface area contributed by atoms with Gasteiger partial charge >= 0.3 is 0 Å². The van der Waals surface area contributed by atoms with Crippen molar-refractivity contribution < 1.29 is 19.0 Å².